The summed E-state index contributed by atoms with van der Waals surface area (Å²) in [4.78, 5) is 0. The van der Waals surface area contributed by atoms with Gasteiger partial charge in [-0.2, -0.15) is 0 Å². The van der Waals surface area contributed by atoms with E-state index in [1.54, 1.807) is 32.7 Å². The van der Waals surface area contributed by atoms with Crippen molar-refractivity contribution < 1.29 is 0 Å². The second-order valence-electron chi connectivity index (χ2n) is 12.9. The minimum Gasteiger partial charge on any atom is -0.0683 e. The highest BCUT2D eigenvalue weighted by Gasteiger charge is 2.62. The predicted octanol–water partition coefficient (Wildman–Crippen LogP) is 12.5. The zero-order valence-corrected chi connectivity index (χ0v) is 28.7. The van der Waals surface area contributed by atoms with Crippen molar-refractivity contribution in [2.75, 3.05) is 6.16 Å². The first kappa shape index (κ1) is 29.4. The van der Waals surface area contributed by atoms with Gasteiger partial charge in [0, 0.05) is 16.7 Å². The Labute approximate surface area is 267 Å². The van der Waals surface area contributed by atoms with Gasteiger partial charge in [0.25, 0.3) is 0 Å². The smallest absolute Gasteiger partial charge is 0.0209 e. The average Bonchev–Trinajstić information content (AvgIpc) is 3.65. The van der Waals surface area contributed by atoms with Crippen LogP contribution >= 0.6 is 16.5 Å². The summed E-state index contributed by atoms with van der Waals surface area (Å²) >= 11 is 0. The molecule has 0 radical (unpaired) electrons. The quantitative estimate of drug-likeness (QED) is 0.202. The molecular weight excluding hydrogens is 566 g/mol. The van der Waals surface area contributed by atoms with E-state index in [0.717, 1.165) is 0 Å². The lowest BCUT2D eigenvalue weighted by molar-refractivity contribution is 0.423. The molecule has 44 heavy (non-hydrogen) atoms. The van der Waals surface area contributed by atoms with Gasteiger partial charge in [-0.1, -0.05) is 171 Å². The minimum absolute atomic E-state index is 0.0212. The van der Waals surface area contributed by atoms with Gasteiger partial charge in [-0.25, -0.2) is 0 Å². The van der Waals surface area contributed by atoms with Gasteiger partial charge in [-0.05, 0) is 79.9 Å². The van der Waals surface area contributed by atoms with Gasteiger partial charge in [-0.15, -0.1) is 0 Å². The molecule has 0 N–H and O–H groups in total. The highest BCUT2D eigenvalue weighted by Crippen LogP contribution is 2.86. The van der Waals surface area contributed by atoms with Crippen LogP contribution in [0.2, 0.25) is 0 Å². The molecule has 220 valence electrons. The molecule has 3 aliphatic heterocycles. The molecule has 4 aromatic rings. The zero-order chi connectivity index (χ0) is 30.6. The summed E-state index contributed by atoms with van der Waals surface area (Å²) in [7, 11) is 0.221. The number of rotatable bonds is 4. The molecule has 0 aromatic heterocycles. The monoisotopic (exact) mass is 608 g/mol. The lowest BCUT2D eigenvalue weighted by atomic mass is 9.62. The second kappa shape index (κ2) is 11.2. The average molecular weight is 609 g/mol. The molecular formula is C42H42P2. The molecule has 4 atom stereocenters. The summed E-state index contributed by atoms with van der Waals surface area (Å²) in [6.07, 6.45) is 1.25. The molecule has 0 nitrogen and oxygen atoms in total. The van der Waals surface area contributed by atoms with Crippen molar-refractivity contribution in [2.24, 2.45) is 16.7 Å². The number of hydrogen-bond acceptors (Lipinski definition) is 0. The Morgan fingerprint density at radius 2 is 1.07 bits per heavy atom. The van der Waals surface area contributed by atoms with Gasteiger partial charge >= 0.3 is 0 Å². The van der Waals surface area contributed by atoms with Gasteiger partial charge in [0.1, 0.15) is 0 Å². The van der Waals surface area contributed by atoms with Crippen LogP contribution in [0, 0.1) is 16.7 Å². The normalized spacial score (nSPS) is 25.3. The third-order valence-electron chi connectivity index (χ3n) is 10.0. The van der Waals surface area contributed by atoms with E-state index < -0.39 is 7.92 Å². The first-order valence-electron chi connectivity index (χ1n) is 16.2. The van der Waals surface area contributed by atoms with Crippen LogP contribution in [0.1, 0.15) is 63.8 Å². The van der Waals surface area contributed by atoms with E-state index in [4.69, 9.17) is 0 Å². The molecule has 1 aliphatic carbocycles. The first-order chi connectivity index (χ1) is 21.4. The van der Waals surface area contributed by atoms with Crippen molar-refractivity contribution >= 4 is 38.3 Å². The summed E-state index contributed by atoms with van der Waals surface area (Å²) in [6.45, 7) is 14.2. The first-order valence-corrected chi connectivity index (χ1v) is 18.7. The van der Waals surface area contributed by atoms with E-state index in [-0.39, 0.29) is 10.8 Å². The summed E-state index contributed by atoms with van der Waals surface area (Å²) in [5.74, 6) is 0.360. The molecule has 2 unspecified atom stereocenters. The molecule has 4 aromatic carbocycles. The number of fused-ring (bicyclic) bond motifs is 5. The fourth-order valence-electron chi connectivity index (χ4n) is 8.72. The van der Waals surface area contributed by atoms with Crippen LogP contribution in [0.25, 0.3) is 21.8 Å². The Morgan fingerprint density at radius 3 is 1.61 bits per heavy atom. The van der Waals surface area contributed by atoms with Gasteiger partial charge in [0.2, 0.25) is 0 Å². The van der Waals surface area contributed by atoms with E-state index in [2.05, 4.69) is 149 Å². The lowest BCUT2D eigenvalue weighted by Crippen LogP contribution is -2.31. The Morgan fingerprint density at radius 1 is 0.591 bits per heavy atom. The third kappa shape index (κ3) is 4.25. The van der Waals surface area contributed by atoms with E-state index in [0.29, 0.717) is 14.5 Å². The van der Waals surface area contributed by atoms with Crippen LogP contribution in [-0.4, -0.2) is 6.16 Å². The van der Waals surface area contributed by atoms with E-state index in [1.165, 1.54) is 39.3 Å². The second-order valence-corrected chi connectivity index (χ2v) is 16.2. The van der Waals surface area contributed by atoms with Crippen LogP contribution in [0.15, 0.2) is 143 Å². The Kier molecular flexibility index (Phi) is 7.52. The SMILES string of the molecule is CC.CC1C(c2ccccc2)=C(c2ccccc2)PC2=C1C(C)(C)C1=C2[P@@]2C[C@@]1(C)C(c1ccccc1)=C2c1ccccc1. The fourth-order valence-corrected chi connectivity index (χ4v) is 15.0. The minimum atomic E-state index is -0.452. The van der Waals surface area contributed by atoms with Crippen molar-refractivity contribution in [3.63, 3.8) is 0 Å². The van der Waals surface area contributed by atoms with Crippen molar-refractivity contribution in [2.45, 2.75) is 41.5 Å². The summed E-state index contributed by atoms with van der Waals surface area (Å²) in [5.41, 5.74) is 12.2. The number of allylic oxidation sites excluding steroid dienone is 6. The third-order valence-corrected chi connectivity index (χ3v) is 14.8. The Bertz CT molecular complexity index is 1840. The maximum absolute atomic E-state index is 2.58. The molecule has 0 saturated heterocycles. The lowest BCUT2D eigenvalue weighted by Gasteiger charge is -2.42. The predicted molar refractivity (Wildman–Crippen MR) is 196 cm³/mol. The number of hydrogen-bond donors (Lipinski definition) is 0. The van der Waals surface area contributed by atoms with Gasteiger partial charge in [0.15, 0.2) is 0 Å². The molecule has 2 heteroatoms. The van der Waals surface area contributed by atoms with Gasteiger partial charge in [-0.3, -0.25) is 0 Å². The van der Waals surface area contributed by atoms with Gasteiger partial charge in [0.05, 0.1) is 0 Å². The maximum atomic E-state index is 2.58. The Balaban J connectivity index is 0.00000153. The maximum Gasteiger partial charge on any atom is 0.0209 e. The fraction of sp³-hybridized carbons (Fsp3) is 0.238. The standard InChI is InChI=1S/C40H36P2.C2H6/c1-26-31(27-17-9-5-10-18-27)34(29-21-13-7-14-22-29)41-35-32(26)39(2,3)38-37(35)42-25-40(38,4)33(28-19-11-6-12-20-28)36(42)30-23-15-8-16-24-30;1-2/h5-24,26,41H,25H2,1-4H3;1-2H3/t26?,40-,42-;/m0./s1. The molecule has 8 rings (SSSR count). The van der Waals surface area contributed by atoms with Crippen LogP contribution in [0.4, 0.5) is 0 Å². The Hall–Kier alpha value is -3.30. The highest BCUT2D eigenvalue weighted by atomic mass is 31.1. The summed E-state index contributed by atoms with van der Waals surface area (Å²) < 4.78 is 0. The van der Waals surface area contributed by atoms with Gasteiger partial charge < -0.3 is 0 Å². The van der Waals surface area contributed by atoms with Crippen LogP contribution in [0.3, 0.4) is 0 Å². The number of benzene rings is 4. The van der Waals surface area contributed by atoms with Crippen LogP contribution in [0.5, 0.6) is 0 Å². The largest absolute Gasteiger partial charge is 0.0683 e. The highest BCUT2D eigenvalue weighted by molar-refractivity contribution is 7.75. The summed E-state index contributed by atoms with van der Waals surface area (Å²) in [5, 5.41) is 6.60. The molecule has 4 aliphatic rings. The van der Waals surface area contributed by atoms with Crippen molar-refractivity contribution in [1.82, 2.24) is 0 Å². The van der Waals surface area contributed by atoms with Crippen molar-refractivity contribution in [3.8, 4) is 0 Å². The molecule has 0 amide bonds. The van der Waals surface area contributed by atoms with E-state index in [1.807, 2.05) is 13.8 Å². The van der Waals surface area contributed by atoms with Crippen LogP contribution < -0.4 is 0 Å². The molecule has 0 spiro atoms. The zero-order valence-electron chi connectivity index (χ0n) is 26.8. The molecule has 0 saturated carbocycles. The van der Waals surface area contributed by atoms with Crippen molar-refractivity contribution in [3.05, 3.63) is 165 Å². The topological polar surface area (TPSA) is 0 Å². The van der Waals surface area contributed by atoms with E-state index >= 15 is 0 Å². The molecule has 3 heterocycles. The van der Waals surface area contributed by atoms with Crippen molar-refractivity contribution in [1.29, 1.82) is 0 Å². The summed E-state index contributed by atoms with van der Waals surface area (Å²) in [6, 6.07) is 45.0. The molecule has 2 bridgehead atoms. The van der Waals surface area contributed by atoms with E-state index in [9.17, 15) is 0 Å². The molecule has 0 fully saturated rings. The van der Waals surface area contributed by atoms with Crippen LogP contribution in [-0.2, 0) is 0 Å².